The van der Waals surface area contributed by atoms with E-state index in [1.54, 1.807) is 0 Å². The van der Waals surface area contributed by atoms with Gasteiger partial charge in [-0.15, -0.1) is 0 Å². The molecule has 5 aliphatic rings. The van der Waals surface area contributed by atoms with Crippen molar-refractivity contribution in [3.8, 4) is 0 Å². The van der Waals surface area contributed by atoms with E-state index < -0.39 is 34.7 Å². The zero-order valence-electron chi connectivity index (χ0n) is 28.4. The molecule has 0 bridgehead atoms. The zero-order chi connectivity index (χ0) is 32.2. The van der Waals surface area contributed by atoms with Crippen molar-refractivity contribution in [1.29, 1.82) is 0 Å². The summed E-state index contributed by atoms with van der Waals surface area (Å²) in [6.07, 6.45) is 21.5. The molecule has 0 saturated heterocycles. The molecule has 0 aromatic heterocycles. The van der Waals surface area contributed by atoms with E-state index in [2.05, 4.69) is 0 Å². The van der Waals surface area contributed by atoms with Gasteiger partial charge in [-0.3, -0.25) is 19.2 Å². The minimum absolute atomic E-state index is 0.0175. The first kappa shape index (κ1) is 35.2. The molecule has 0 aromatic carbocycles. The standard InChI is InChI=1S/C38H60O8/c39-33(43-29-19-9-1-2-10-20-29)37(34(40)44-30-21-11-3-4-12-22-30)27-17-18-28-38(37,35(41)45-31-23-13-5-6-14-24-31)36(42)46-32-25-15-7-8-16-26-32/h29-32H,1-28H2. The van der Waals surface area contributed by atoms with Gasteiger partial charge < -0.3 is 18.9 Å². The van der Waals surface area contributed by atoms with Crippen LogP contribution in [0.25, 0.3) is 0 Å². The second kappa shape index (κ2) is 17.3. The van der Waals surface area contributed by atoms with Crippen LogP contribution in [0.4, 0.5) is 0 Å². The van der Waals surface area contributed by atoms with Gasteiger partial charge in [-0.05, 0) is 116 Å². The highest BCUT2D eigenvalue weighted by Crippen LogP contribution is 2.55. The van der Waals surface area contributed by atoms with E-state index in [1.807, 2.05) is 0 Å². The van der Waals surface area contributed by atoms with Crippen LogP contribution in [0.1, 0.15) is 180 Å². The highest BCUT2D eigenvalue weighted by Gasteiger charge is 2.74. The molecule has 0 heterocycles. The lowest BCUT2D eigenvalue weighted by Crippen LogP contribution is -2.65. The van der Waals surface area contributed by atoms with Gasteiger partial charge in [0.2, 0.25) is 0 Å². The predicted octanol–water partition coefficient (Wildman–Crippen LogP) is 8.60. The largest absolute Gasteiger partial charge is 0.461 e. The Morgan fingerprint density at radius 1 is 0.304 bits per heavy atom. The van der Waals surface area contributed by atoms with E-state index in [0.29, 0.717) is 64.2 Å². The Hall–Kier alpha value is -2.12. The summed E-state index contributed by atoms with van der Waals surface area (Å²) in [5.41, 5.74) is -4.26. The van der Waals surface area contributed by atoms with E-state index in [1.165, 1.54) is 0 Å². The van der Waals surface area contributed by atoms with Crippen LogP contribution in [0.3, 0.4) is 0 Å². The molecule has 0 unspecified atom stereocenters. The molecular formula is C38H60O8. The number of carbonyl (C=O) groups excluding carboxylic acids is 4. The summed E-state index contributed by atoms with van der Waals surface area (Å²) in [5.74, 6) is -3.14. The van der Waals surface area contributed by atoms with Crippen LogP contribution in [0.2, 0.25) is 0 Å². The molecule has 46 heavy (non-hydrogen) atoms. The summed E-state index contributed by atoms with van der Waals surface area (Å²) < 4.78 is 25.1. The van der Waals surface area contributed by atoms with Gasteiger partial charge in [0.25, 0.3) is 0 Å². The Bertz CT molecular complexity index is 842. The Morgan fingerprint density at radius 2 is 0.500 bits per heavy atom. The van der Waals surface area contributed by atoms with Gasteiger partial charge in [0.05, 0.1) is 0 Å². The fraction of sp³-hybridized carbons (Fsp3) is 0.895. The van der Waals surface area contributed by atoms with Crippen molar-refractivity contribution in [2.75, 3.05) is 0 Å². The molecule has 5 saturated carbocycles. The summed E-state index contributed by atoms with van der Waals surface area (Å²) in [5, 5.41) is 0. The molecule has 0 radical (unpaired) electrons. The number of carbonyl (C=O) groups is 4. The van der Waals surface area contributed by atoms with Crippen molar-refractivity contribution in [3.05, 3.63) is 0 Å². The molecule has 0 amide bonds. The lowest BCUT2D eigenvalue weighted by molar-refractivity contribution is -0.216. The monoisotopic (exact) mass is 644 g/mol. The van der Waals surface area contributed by atoms with Crippen LogP contribution >= 0.6 is 0 Å². The van der Waals surface area contributed by atoms with Crippen molar-refractivity contribution in [3.63, 3.8) is 0 Å². The number of rotatable bonds is 8. The van der Waals surface area contributed by atoms with Gasteiger partial charge in [-0.1, -0.05) is 64.2 Å². The Labute approximate surface area is 276 Å². The maximum atomic E-state index is 14.8. The number of ether oxygens (including phenoxy) is 4. The fourth-order valence-electron chi connectivity index (χ4n) is 8.93. The van der Waals surface area contributed by atoms with E-state index in [0.717, 1.165) is 103 Å². The molecule has 8 nitrogen and oxygen atoms in total. The van der Waals surface area contributed by atoms with Crippen LogP contribution in [0.15, 0.2) is 0 Å². The average Bonchev–Trinajstić information content (AvgIpc) is 3.66. The van der Waals surface area contributed by atoms with E-state index in [4.69, 9.17) is 18.9 Å². The molecule has 8 heteroatoms. The normalized spacial score (nSPS) is 25.9. The molecule has 5 fully saturated rings. The topological polar surface area (TPSA) is 105 Å². The number of hydrogen-bond acceptors (Lipinski definition) is 8. The highest BCUT2D eigenvalue weighted by molar-refractivity contribution is 6.15. The lowest BCUT2D eigenvalue weighted by atomic mass is 9.55. The minimum atomic E-state index is -2.13. The van der Waals surface area contributed by atoms with Crippen LogP contribution < -0.4 is 0 Å². The molecule has 5 aliphatic carbocycles. The summed E-state index contributed by atoms with van der Waals surface area (Å²) in [6.45, 7) is 0. The average molecular weight is 645 g/mol. The van der Waals surface area contributed by atoms with Gasteiger partial charge in [-0.2, -0.15) is 0 Å². The van der Waals surface area contributed by atoms with Crippen molar-refractivity contribution >= 4 is 23.9 Å². The quantitative estimate of drug-likeness (QED) is 0.112. The first-order valence-corrected chi connectivity index (χ1v) is 19.3. The molecular weight excluding hydrogens is 584 g/mol. The van der Waals surface area contributed by atoms with Gasteiger partial charge >= 0.3 is 23.9 Å². The molecule has 0 N–H and O–H groups in total. The Balaban J connectivity index is 1.55. The molecule has 0 atom stereocenters. The third-order valence-electron chi connectivity index (χ3n) is 11.8. The zero-order valence-corrected chi connectivity index (χ0v) is 28.4. The van der Waals surface area contributed by atoms with Crippen molar-refractivity contribution in [2.24, 2.45) is 10.8 Å². The van der Waals surface area contributed by atoms with Crippen molar-refractivity contribution < 1.29 is 38.1 Å². The van der Waals surface area contributed by atoms with Crippen molar-refractivity contribution in [1.82, 2.24) is 0 Å². The molecule has 0 aromatic rings. The van der Waals surface area contributed by atoms with Gasteiger partial charge in [-0.25, -0.2) is 0 Å². The summed E-state index contributed by atoms with van der Waals surface area (Å²) in [6, 6.07) is 0. The molecule has 0 aliphatic heterocycles. The smallest absolute Gasteiger partial charge is 0.325 e. The van der Waals surface area contributed by atoms with Gasteiger partial charge in [0.15, 0.2) is 10.8 Å². The first-order valence-electron chi connectivity index (χ1n) is 19.3. The van der Waals surface area contributed by atoms with Crippen molar-refractivity contribution in [2.45, 2.75) is 204 Å². The Morgan fingerprint density at radius 3 is 0.696 bits per heavy atom. The molecule has 260 valence electrons. The van der Waals surface area contributed by atoms with Crippen LogP contribution in [0.5, 0.6) is 0 Å². The van der Waals surface area contributed by atoms with E-state index >= 15 is 0 Å². The minimum Gasteiger partial charge on any atom is -0.461 e. The summed E-state index contributed by atoms with van der Waals surface area (Å²) >= 11 is 0. The van der Waals surface area contributed by atoms with Gasteiger partial charge in [0, 0.05) is 0 Å². The maximum absolute atomic E-state index is 14.8. The van der Waals surface area contributed by atoms with Gasteiger partial charge in [0.1, 0.15) is 24.4 Å². The summed E-state index contributed by atoms with van der Waals surface area (Å²) in [4.78, 5) is 59.3. The molecule has 0 spiro atoms. The lowest BCUT2D eigenvalue weighted by Gasteiger charge is -2.47. The number of esters is 4. The number of hydrogen-bond donors (Lipinski definition) is 0. The highest BCUT2D eigenvalue weighted by atomic mass is 16.6. The maximum Gasteiger partial charge on any atom is 0.325 e. The van der Waals surface area contributed by atoms with Crippen LogP contribution in [0, 0.1) is 10.8 Å². The third kappa shape index (κ3) is 8.29. The van der Waals surface area contributed by atoms with E-state index in [-0.39, 0.29) is 37.3 Å². The molecule has 5 rings (SSSR count). The van der Waals surface area contributed by atoms with Crippen LogP contribution in [-0.4, -0.2) is 48.3 Å². The third-order valence-corrected chi connectivity index (χ3v) is 11.8. The second-order valence-corrected chi connectivity index (χ2v) is 15.1. The fourth-order valence-corrected chi connectivity index (χ4v) is 8.93. The predicted molar refractivity (Wildman–Crippen MR) is 174 cm³/mol. The summed E-state index contributed by atoms with van der Waals surface area (Å²) in [7, 11) is 0. The second-order valence-electron chi connectivity index (χ2n) is 15.1. The van der Waals surface area contributed by atoms with E-state index in [9.17, 15) is 19.2 Å². The SMILES string of the molecule is O=C(OC1CCCCCC1)C1(C(=O)OC2CCCCCC2)CCCCC1(C(=O)OC1CCCCCC1)C(=O)OC1CCCCCC1. The first-order chi connectivity index (χ1) is 22.5. The Kier molecular flexibility index (Phi) is 13.3. The van der Waals surface area contributed by atoms with Crippen LogP contribution in [-0.2, 0) is 38.1 Å².